The van der Waals surface area contributed by atoms with Crippen LogP contribution in [0.25, 0.3) is 6.08 Å². The number of benzene rings is 2. The van der Waals surface area contributed by atoms with Gasteiger partial charge in [0.25, 0.3) is 0 Å². The topological polar surface area (TPSA) is 38.7 Å². The molecule has 0 amide bonds. The highest BCUT2D eigenvalue weighted by molar-refractivity contribution is 5.53. The van der Waals surface area contributed by atoms with Gasteiger partial charge in [0, 0.05) is 11.6 Å². The lowest BCUT2D eigenvalue weighted by Crippen LogP contribution is -1.93. The molecule has 0 atom stereocenters. The molecule has 2 aromatic carbocycles. The van der Waals surface area contributed by atoms with Crippen molar-refractivity contribution in [3.63, 3.8) is 0 Å². The number of halogens is 1. The lowest BCUT2D eigenvalue weighted by molar-refractivity contribution is 0.350. The number of hydrogen-bond donors (Lipinski definition) is 1. The van der Waals surface area contributed by atoms with Crippen LogP contribution in [0.3, 0.4) is 0 Å². The van der Waals surface area contributed by atoms with Crippen LogP contribution in [-0.2, 0) is 6.42 Å². The summed E-state index contributed by atoms with van der Waals surface area (Å²) in [6.07, 6.45) is 4.30. The molecule has 0 heterocycles. The third-order valence-electron chi connectivity index (χ3n) is 3.10. The van der Waals surface area contributed by atoms with E-state index >= 15 is 0 Å². The zero-order valence-electron chi connectivity index (χ0n) is 12.0. The first kappa shape index (κ1) is 14.9. The third kappa shape index (κ3) is 3.75. The Labute approximate surface area is 123 Å². The van der Waals surface area contributed by atoms with E-state index in [2.05, 4.69) is 0 Å². The summed E-state index contributed by atoms with van der Waals surface area (Å²) in [7, 11) is 3.07. The van der Waals surface area contributed by atoms with Crippen molar-refractivity contribution >= 4 is 6.08 Å². The zero-order chi connectivity index (χ0) is 15.2. The van der Waals surface area contributed by atoms with Crippen LogP contribution >= 0.6 is 0 Å². The maximum absolute atomic E-state index is 12.8. The molecular formula is C17H17FO3. The minimum atomic E-state index is -0.260. The Morgan fingerprint density at radius 2 is 1.67 bits per heavy atom. The molecule has 21 heavy (non-hydrogen) atoms. The second-order valence-corrected chi connectivity index (χ2v) is 4.49. The minimum absolute atomic E-state index is 0.149. The predicted octanol–water partition coefficient (Wildman–Crippen LogP) is 3.80. The normalized spacial score (nSPS) is 10.8. The van der Waals surface area contributed by atoms with E-state index in [4.69, 9.17) is 9.47 Å². The second kappa shape index (κ2) is 6.79. The first-order chi connectivity index (χ1) is 10.1. The Morgan fingerprint density at radius 3 is 2.29 bits per heavy atom. The van der Waals surface area contributed by atoms with Crippen LogP contribution in [0.1, 0.15) is 11.1 Å². The van der Waals surface area contributed by atoms with Gasteiger partial charge in [-0.2, -0.15) is 0 Å². The minimum Gasteiger partial charge on any atom is -0.508 e. The number of phenols is 1. The van der Waals surface area contributed by atoms with E-state index in [9.17, 15) is 9.50 Å². The average molecular weight is 288 g/mol. The molecule has 0 unspecified atom stereocenters. The summed E-state index contributed by atoms with van der Waals surface area (Å²) in [5.74, 6) is 0.947. The Morgan fingerprint density at radius 1 is 1.05 bits per heavy atom. The summed E-state index contributed by atoms with van der Waals surface area (Å²) in [4.78, 5) is 0. The third-order valence-corrected chi connectivity index (χ3v) is 3.10. The molecule has 4 heteroatoms. The van der Waals surface area contributed by atoms with Gasteiger partial charge in [-0.25, -0.2) is 4.39 Å². The highest BCUT2D eigenvalue weighted by Gasteiger charge is 2.09. The van der Waals surface area contributed by atoms with Crippen LogP contribution in [0.4, 0.5) is 4.39 Å². The Balaban J connectivity index is 2.14. The number of hydrogen-bond acceptors (Lipinski definition) is 3. The molecule has 0 aliphatic carbocycles. The quantitative estimate of drug-likeness (QED) is 0.909. The van der Waals surface area contributed by atoms with Gasteiger partial charge in [0.05, 0.1) is 14.2 Å². The van der Waals surface area contributed by atoms with Crippen molar-refractivity contribution in [2.24, 2.45) is 0 Å². The van der Waals surface area contributed by atoms with Crippen molar-refractivity contribution in [1.82, 2.24) is 0 Å². The van der Waals surface area contributed by atoms with E-state index in [-0.39, 0.29) is 11.6 Å². The fourth-order valence-electron chi connectivity index (χ4n) is 1.97. The fourth-order valence-corrected chi connectivity index (χ4v) is 1.97. The summed E-state index contributed by atoms with van der Waals surface area (Å²) in [5, 5.41) is 9.96. The fraction of sp³-hybridized carbons (Fsp3) is 0.176. The molecular weight excluding hydrogens is 271 g/mol. The number of rotatable bonds is 5. The maximum atomic E-state index is 12.8. The van der Waals surface area contributed by atoms with Crippen molar-refractivity contribution in [2.75, 3.05) is 14.2 Å². The van der Waals surface area contributed by atoms with Crippen LogP contribution < -0.4 is 9.47 Å². The molecule has 0 aromatic heterocycles. The van der Waals surface area contributed by atoms with Gasteiger partial charge in [-0.15, -0.1) is 0 Å². The van der Waals surface area contributed by atoms with Gasteiger partial charge in [0.1, 0.15) is 11.6 Å². The van der Waals surface area contributed by atoms with E-state index in [0.29, 0.717) is 17.9 Å². The van der Waals surface area contributed by atoms with Gasteiger partial charge >= 0.3 is 0 Å². The molecule has 2 aromatic rings. The molecule has 0 bridgehead atoms. The molecule has 0 saturated carbocycles. The van der Waals surface area contributed by atoms with Gasteiger partial charge in [0.15, 0.2) is 11.5 Å². The van der Waals surface area contributed by atoms with E-state index in [1.165, 1.54) is 25.3 Å². The highest BCUT2D eigenvalue weighted by atomic mass is 19.1. The lowest BCUT2D eigenvalue weighted by atomic mass is 10.1. The highest BCUT2D eigenvalue weighted by Crippen LogP contribution is 2.34. The summed E-state index contributed by atoms with van der Waals surface area (Å²) in [6, 6.07) is 9.48. The molecule has 0 saturated heterocycles. The summed E-state index contributed by atoms with van der Waals surface area (Å²) in [5.41, 5.74) is 1.63. The van der Waals surface area contributed by atoms with Crippen molar-refractivity contribution in [1.29, 1.82) is 0 Å². The number of allylic oxidation sites excluding steroid dienone is 1. The monoisotopic (exact) mass is 288 g/mol. The SMILES string of the molecule is COc1cc(O)c(C/C=C/c2ccc(F)cc2)cc1OC. The van der Waals surface area contributed by atoms with E-state index in [0.717, 1.165) is 11.1 Å². The average Bonchev–Trinajstić information content (AvgIpc) is 2.50. The van der Waals surface area contributed by atoms with E-state index in [1.54, 1.807) is 25.3 Å². The largest absolute Gasteiger partial charge is 0.508 e. The number of phenolic OH excluding ortho intramolecular Hbond substituents is 1. The van der Waals surface area contributed by atoms with Crippen molar-refractivity contribution in [3.8, 4) is 17.2 Å². The Kier molecular flexibility index (Phi) is 4.82. The summed E-state index contributed by atoms with van der Waals surface area (Å²) in [6.45, 7) is 0. The Bertz CT molecular complexity index is 633. The molecule has 0 radical (unpaired) electrons. The predicted molar refractivity (Wildman–Crippen MR) is 80.3 cm³/mol. The molecule has 0 aliphatic heterocycles. The van der Waals surface area contributed by atoms with Crippen LogP contribution in [0.2, 0.25) is 0 Å². The molecule has 3 nitrogen and oxygen atoms in total. The molecule has 2 rings (SSSR count). The number of ether oxygens (including phenoxy) is 2. The van der Waals surface area contributed by atoms with Crippen LogP contribution in [0.15, 0.2) is 42.5 Å². The lowest BCUT2D eigenvalue weighted by Gasteiger charge is -2.10. The molecule has 0 aliphatic rings. The van der Waals surface area contributed by atoms with Crippen molar-refractivity contribution in [2.45, 2.75) is 6.42 Å². The van der Waals surface area contributed by atoms with Crippen LogP contribution in [0.5, 0.6) is 17.2 Å². The maximum Gasteiger partial charge on any atom is 0.164 e. The second-order valence-electron chi connectivity index (χ2n) is 4.49. The van der Waals surface area contributed by atoms with E-state index < -0.39 is 0 Å². The van der Waals surface area contributed by atoms with Gasteiger partial charge in [-0.3, -0.25) is 0 Å². The molecule has 0 spiro atoms. The molecule has 1 N–H and O–H groups in total. The van der Waals surface area contributed by atoms with Gasteiger partial charge < -0.3 is 14.6 Å². The van der Waals surface area contributed by atoms with Gasteiger partial charge in [-0.1, -0.05) is 24.3 Å². The van der Waals surface area contributed by atoms with Crippen molar-refractivity contribution < 1.29 is 19.0 Å². The standard InChI is InChI=1S/C17H17FO3/c1-20-16-10-13(15(19)11-17(16)21-2)5-3-4-12-6-8-14(18)9-7-12/h3-4,6-11,19H,5H2,1-2H3/b4-3+. The van der Waals surface area contributed by atoms with Crippen LogP contribution in [-0.4, -0.2) is 19.3 Å². The first-order valence-electron chi connectivity index (χ1n) is 6.50. The van der Waals surface area contributed by atoms with Crippen LogP contribution in [0, 0.1) is 5.82 Å². The zero-order valence-corrected chi connectivity index (χ0v) is 12.0. The van der Waals surface area contributed by atoms with E-state index in [1.807, 2.05) is 12.2 Å². The van der Waals surface area contributed by atoms with Gasteiger partial charge in [0.2, 0.25) is 0 Å². The molecule has 110 valence electrons. The Hall–Kier alpha value is -2.49. The summed E-state index contributed by atoms with van der Waals surface area (Å²) >= 11 is 0. The smallest absolute Gasteiger partial charge is 0.164 e. The van der Waals surface area contributed by atoms with Gasteiger partial charge in [-0.05, 0) is 30.2 Å². The molecule has 0 fully saturated rings. The van der Waals surface area contributed by atoms with Crippen molar-refractivity contribution in [3.05, 3.63) is 59.4 Å². The first-order valence-corrected chi connectivity index (χ1v) is 6.50. The number of aromatic hydroxyl groups is 1. The summed E-state index contributed by atoms with van der Waals surface area (Å²) < 4.78 is 23.1. The number of methoxy groups -OCH3 is 2.